The van der Waals surface area contributed by atoms with Gasteiger partial charge in [-0.3, -0.25) is 0 Å². The van der Waals surface area contributed by atoms with Crippen LogP contribution in [0.2, 0.25) is 0 Å². The Balaban J connectivity index is 0.00000220. The van der Waals surface area contributed by atoms with Crippen molar-refractivity contribution in [2.24, 2.45) is 11.7 Å². The zero-order valence-electron chi connectivity index (χ0n) is 11.6. The summed E-state index contributed by atoms with van der Waals surface area (Å²) < 4.78 is 40.8. The first-order chi connectivity index (χ1) is 9.32. The molecule has 0 aliphatic carbocycles. The molecule has 120 valence electrons. The van der Waals surface area contributed by atoms with E-state index in [1.807, 2.05) is 6.92 Å². The van der Waals surface area contributed by atoms with Gasteiger partial charge < -0.3 is 5.73 Å². The molecule has 0 amide bonds. The van der Waals surface area contributed by atoms with Crippen LogP contribution in [0.25, 0.3) is 0 Å². The van der Waals surface area contributed by atoms with Gasteiger partial charge in [0.05, 0.1) is 0 Å². The summed E-state index contributed by atoms with van der Waals surface area (Å²) in [4.78, 5) is -0.280. The monoisotopic (exact) mass is 400 g/mol. The van der Waals surface area contributed by atoms with E-state index in [2.05, 4.69) is 15.9 Å². The molecule has 1 saturated heterocycles. The van der Waals surface area contributed by atoms with Gasteiger partial charge in [0, 0.05) is 23.6 Å². The standard InChI is InChI=1S/C13H18BrFN2O2S.ClH/c1-9(16)10-3-2-6-17(8-10)20(18,19)13-7-11(14)4-5-12(13)15;/h4-5,7,9-10H,2-3,6,8,16H2,1H3;1H. The van der Waals surface area contributed by atoms with Crippen molar-refractivity contribution in [3.63, 3.8) is 0 Å². The fourth-order valence-corrected chi connectivity index (χ4v) is 4.57. The van der Waals surface area contributed by atoms with E-state index in [0.29, 0.717) is 17.6 Å². The van der Waals surface area contributed by atoms with Crippen molar-refractivity contribution in [1.29, 1.82) is 0 Å². The molecule has 2 unspecified atom stereocenters. The van der Waals surface area contributed by atoms with E-state index in [1.165, 1.54) is 16.4 Å². The summed E-state index contributed by atoms with van der Waals surface area (Å²) in [5.41, 5.74) is 5.86. The number of nitrogens with two attached hydrogens (primary N) is 1. The summed E-state index contributed by atoms with van der Waals surface area (Å²) in [5.74, 6) is -0.607. The molecule has 2 atom stereocenters. The van der Waals surface area contributed by atoms with Crippen LogP contribution < -0.4 is 5.73 Å². The molecule has 1 aliphatic rings. The predicted molar refractivity (Wildman–Crippen MR) is 86.5 cm³/mol. The Hall–Kier alpha value is -0.210. The molecule has 0 saturated carbocycles. The van der Waals surface area contributed by atoms with Gasteiger partial charge in [0.15, 0.2) is 0 Å². The molecule has 2 rings (SSSR count). The fourth-order valence-electron chi connectivity index (χ4n) is 2.44. The van der Waals surface area contributed by atoms with Gasteiger partial charge >= 0.3 is 0 Å². The van der Waals surface area contributed by atoms with Gasteiger partial charge in [0.1, 0.15) is 10.7 Å². The largest absolute Gasteiger partial charge is 0.328 e. The smallest absolute Gasteiger partial charge is 0.246 e. The zero-order chi connectivity index (χ0) is 14.9. The van der Waals surface area contributed by atoms with Gasteiger partial charge in [-0.2, -0.15) is 4.31 Å². The van der Waals surface area contributed by atoms with Crippen molar-refractivity contribution in [3.8, 4) is 0 Å². The highest BCUT2D eigenvalue weighted by atomic mass is 79.9. The Morgan fingerprint density at radius 3 is 2.76 bits per heavy atom. The van der Waals surface area contributed by atoms with E-state index in [0.717, 1.165) is 18.9 Å². The van der Waals surface area contributed by atoms with Gasteiger partial charge in [-0.1, -0.05) is 15.9 Å². The lowest BCUT2D eigenvalue weighted by Crippen LogP contribution is -2.45. The molecule has 8 heteroatoms. The van der Waals surface area contributed by atoms with Crippen LogP contribution in [0.5, 0.6) is 0 Å². The van der Waals surface area contributed by atoms with Gasteiger partial charge in [-0.25, -0.2) is 12.8 Å². The number of nitrogens with zero attached hydrogens (tertiary/aromatic N) is 1. The number of rotatable bonds is 3. The Kier molecular flexibility index (Phi) is 6.61. The average Bonchev–Trinajstić information content (AvgIpc) is 2.41. The third-order valence-electron chi connectivity index (χ3n) is 3.68. The molecule has 0 spiro atoms. The van der Waals surface area contributed by atoms with E-state index in [1.54, 1.807) is 0 Å². The Morgan fingerprint density at radius 1 is 1.48 bits per heavy atom. The molecule has 0 aromatic heterocycles. The SMILES string of the molecule is CC(N)C1CCCN(S(=O)(=O)c2cc(Br)ccc2F)C1.Cl. The van der Waals surface area contributed by atoms with Crippen LogP contribution in [0, 0.1) is 11.7 Å². The van der Waals surface area contributed by atoms with E-state index in [9.17, 15) is 12.8 Å². The lowest BCUT2D eigenvalue weighted by atomic mass is 9.93. The van der Waals surface area contributed by atoms with Crippen LogP contribution >= 0.6 is 28.3 Å². The van der Waals surface area contributed by atoms with E-state index in [4.69, 9.17) is 5.73 Å². The van der Waals surface area contributed by atoms with Crippen molar-refractivity contribution in [1.82, 2.24) is 4.31 Å². The van der Waals surface area contributed by atoms with E-state index >= 15 is 0 Å². The highest BCUT2D eigenvalue weighted by Gasteiger charge is 2.33. The lowest BCUT2D eigenvalue weighted by molar-refractivity contribution is 0.242. The first-order valence-electron chi connectivity index (χ1n) is 6.53. The van der Waals surface area contributed by atoms with Crippen LogP contribution in [-0.4, -0.2) is 31.9 Å². The van der Waals surface area contributed by atoms with Gasteiger partial charge in [-0.15, -0.1) is 12.4 Å². The summed E-state index contributed by atoms with van der Waals surface area (Å²) in [5, 5.41) is 0. The summed E-state index contributed by atoms with van der Waals surface area (Å²) in [6, 6.07) is 3.87. The van der Waals surface area contributed by atoms with Gasteiger partial charge in [-0.05, 0) is 43.9 Å². The lowest BCUT2D eigenvalue weighted by Gasteiger charge is -2.33. The van der Waals surface area contributed by atoms with Crippen molar-refractivity contribution < 1.29 is 12.8 Å². The quantitative estimate of drug-likeness (QED) is 0.847. The number of sulfonamides is 1. The third-order valence-corrected chi connectivity index (χ3v) is 6.05. The van der Waals surface area contributed by atoms with Crippen LogP contribution in [0.1, 0.15) is 19.8 Å². The zero-order valence-corrected chi connectivity index (χ0v) is 14.8. The van der Waals surface area contributed by atoms with E-state index in [-0.39, 0.29) is 29.3 Å². The Morgan fingerprint density at radius 2 is 2.14 bits per heavy atom. The average molecular weight is 402 g/mol. The summed E-state index contributed by atoms with van der Waals surface area (Å²) in [6.07, 6.45) is 1.66. The first-order valence-corrected chi connectivity index (χ1v) is 8.76. The van der Waals surface area contributed by atoms with Crippen molar-refractivity contribution >= 4 is 38.4 Å². The minimum atomic E-state index is -3.81. The molecule has 1 heterocycles. The number of halogens is 3. The maximum atomic E-state index is 13.8. The van der Waals surface area contributed by atoms with Crippen LogP contribution in [-0.2, 0) is 10.0 Å². The number of benzene rings is 1. The van der Waals surface area contributed by atoms with Crippen molar-refractivity contribution in [2.75, 3.05) is 13.1 Å². The molecule has 0 bridgehead atoms. The maximum absolute atomic E-state index is 13.8. The Labute approximate surface area is 139 Å². The maximum Gasteiger partial charge on any atom is 0.246 e. The molecule has 1 aromatic carbocycles. The number of hydrogen-bond donors (Lipinski definition) is 1. The van der Waals surface area contributed by atoms with Crippen molar-refractivity contribution in [3.05, 3.63) is 28.5 Å². The molecular formula is C13H19BrClFN2O2S. The molecule has 1 fully saturated rings. The van der Waals surface area contributed by atoms with Gasteiger partial charge in [0.2, 0.25) is 10.0 Å². The number of hydrogen-bond acceptors (Lipinski definition) is 3. The predicted octanol–water partition coefficient (Wildman–Crippen LogP) is 2.76. The number of piperidine rings is 1. The summed E-state index contributed by atoms with van der Waals surface area (Å²) >= 11 is 3.18. The normalized spacial score (nSPS) is 21.6. The minimum absolute atomic E-state index is 0. The summed E-state index contributed by atoms with van der Waals surface area (Å²) in [6.45, 7) is 2.64. The minimum Gasteiger partial charge on any atom is -0.328 e. The first kappa shape index (κ1) is 18.8. The third kappa shape index (κ3) is 4.16. The van der Waals surface area contributed by atoms with E-state index < -0.39 is 15.8 Å². The molecule has 1 aliphatic heterocycles. The van der Waals surface area contributed by atoms with Crippen LogP contribution in [0.15, 0.2) is 27.6 Å². The van der Waals surface area contributed by atoms with Crippen LogP contribution in [0.3, 0.4) is 0 Å². The van der Waals surface area contributed by atoms with Gasteiger partial charge in [0.25, 0.3) is 0 Å². The highest BCUT2D eigenvalue weighted by molar-refractivity contribution is 9.10. The second-order valence-corrected chi connectivity index (χ2v) is 8.02. The topological polar surface area (TPSA) is 63.4 Å². The molecule has 4 nitrogen and oxygen atoms in total. The molecule has 2 N–H and O–H groups in total. The molecule has 21 heavy (non-hydrogen) atoms. The molecule has 0 radical (unpaired) electrons. The summed E-state index contributed by atoms with van der Waals surface area (Å²) in [7, 11) is -3.81. The molecular weight excluding hydrogens is 383 g/mol. The second-order valence-electron chi connectivity index (χ2n) is 5.20. The Bertz CT molecular complexity index is 598. The fraction of sp³-hybridized carbons (Fsp3) is 0.538. The van der Waals surface area contributed by atoms with Crippen molar-refractivity contribution in [2.45, 2.75) is 30.7 Å². The van der Waals surface area contributed by atoms with Crippen LogP contribution in [0.4, 0.5) is 4.39 Å². The second kappa shape index (κ2) is 7.37. The highest BCUT2D eigenvalue weighted by Crippen LogP contribution is 2.28. The molecule has 1 aromatic rings.